The molecule has 0 aliphatic carbocycles. The molecule has 142 valence electrons. The van der Waals surface area contributed by atoms with Crippen molar-refractivity contribution in [1.82, 2.24) is 0 Å². The normalized spacial score (nSPS) is 11.0. The Morgan fingerprint density at radius 2 is 1.59 bits per heavy atom. The van der Waals surface area contributed by atoms with Gasteiger partial charge in [0.1, 0.15) is 11.5 Å². The van der Waals surface area contributed by atoms with Gasteiger partial charge in [-0.1, -0.05) is 63.0 Å². The second-order valence-electron chi connectivity index (χ2n) is 6.28. The van der Waals surface area contributed by atoms with Gasteiger partial charge in [0.15, 0.2) is 0 Å². The number of ether oxygens (including phenoxy) is 1. The smallest absolute Gasteiger partial charge is 0.871 e. The van der Waals surface area contributed by atoms with Crippen LogP contribution >= 0.6 is 0 Å². The first-order chi connectivity index (χ1) is 12.4. The van der Waals surface area contributed by atoms with E-state index in [1.807, 2.05) is 18.2 Å². The van der Waals surface area contributed by atoms with Crippen LogP contribution in [0, 0.1) is 0 Å². The second kappa shape index (κ2) is 12.2. The van der Waals surface area contributed by atoms with Crippen LogP contribution in [0.3, 0.4) is 0 Å². The van der Waals surface area contributed by atoms with Crippen LogP contribution in [-0.4, -0.2) is 13.0 Å². The first-order valence-corrected chi connectivity index (χ1v) is 10.4. The molecule has 0 aromatic heterocycles. The zero-order chi connectivity index (χ0) is 19.0. The summed E-state index contributed by atoms with van der Waals surface area (Å²) in [6.45, 7) is 2.15. The van der Waals surface area contributed by atoms with Crippen LogP contribution in [0.15, 0.2) is 47.4 Å². The summed E-state index contributed by atoms with van der Waals surface area (Å²) >= 11 is 0. The van der Waals surface area contributed by atoms with Crippen molar-refractivity contribution in [3.8, 4) is 17.2 Å². The number of unbranched alkanes of at least 4 members (excludes halogenated alkanes) is 5. The van der Waals surface area contributed by atoms with Crippen LogP contribution in [0.25, 0.3) is 0 Å². The van der Waals surface area contributed by atoms with Crippen LogP contribution in [0.4, 0.5) is 0 Å². The topological polar surface area (TPSA) is 86.7 Å². The summed E-state index contributed by atoms with van der Waals surface area (Å²) in [5, 5.41) is 12.6. The van der Waals surface area contributed by atoms with Crippen molar-refractivity contribution in [3.05, 3.63) is 48.0 Å². The minimum absolute atomic E-state index is 0. The van der Waals surface area contributed by atoms with E-state index in [0.717, 1.165) is 38.2 Å². The largest absolute Gasteiger partial charge is 1.00 e. The summed E-state index contributed by atoms with van der Waals surface area (Å²) in [6.07, 6.45) is 6.72. The van der Waals surface area contributed by atoms with Gasteiger partial charge in [0, 0.05) is 0 Å². The van der Waals surface area contributed by atoms with Crippen molar-refractivity contribution in [2.45, 2.75) is 56.8 Å². The average Bonchev–Trinajstić information content (AvgIpc) is 2.60. The quantitative estimate of drug-likeness (QED) is 0.362. The Bertz CT molecular complexity index is 807. The molecular weight excluding hydrogens is 391 g/mol. The molecule has 0 aliphatic heterocycles. The molecule has 27 heavy (non-hydrogen) atoms. The molecule has 2 rings (SSSR count). The number of para-hydroxylation sites is 1. The summed E-state index contributed by atoms with van der Waals surface area (Å²) < 4.78 is 37.9. The molecule has 0 bridgehead atoms. The molecule has 0 radical (unpaired) electrons. The Hall–Kier alpha value is -0.414. The Labute approximate surface area is 204 Å². The summed E-state index contributed by atoms with van der Waals surface area (Å²) in [6, 6.07) is 11.5. The van der Waals surface area contributed by atoms with Crippen molar-refractivity contribution in [2.24, 2.45) is 0 Å². The number of rotatable bonds is 10. The van der Waals surface area contributed by atoms with Gasteiger partial charge in [-0.3, -0.25) is 4.55 Å². The fraction of sp³-hybridized carbons (Fsp3) is 0.400. The standard InChI is InChI=1S/C20H26O5S.K/c1-2-3-4-5-6-10-13-17-18(25-16-11-8-7-9-12-16)14-15-19(20(17)21)26(22,23)24;/h7-9,11-12,14-15,21H,2-6,10,13H2,1H3,(H,22,23,24);/q;+1/p-1. The molecule has 7 heteroatoms. The summed E-state index contributed by atoms with van der Waals surface area (Å²) in [7, 11) is -4.56. The molecule has 0 unspecified atom stereocenters. The summed E-state index contributed by atoms with van der Waals surface area (Å²) in [5.41, 5.74) is 0.291. The number of hydrogen-bond donors (Lipinski definition) is 1. The number of hydrogen-bond acceptors (Lipinski definition) is 4. The van der Waals surface area contributed by atoms with Crippen molar-refractivity contribution in [1.29, 1.82) is 0 Å². The van der Waals surface area contributed by atoms with E-state index in [4.69, 9.17) is 4.74 Å². The minimum Gasteiger partial charge on any atom is -0.871 e. The average molecular weight is 417 g/mol. The molecule has 0 aliphatic rings. The molecule has 2 aromatic rings. The predicted octanol–water partition coefficient (Wildman–Crippen LogP) is 1.71. The fourth-order valence-electron chi connectivity index (χ4n) is 2.82. The third-order valence-corrected chi connectivity index (χ3v) is 5.09. The Kier molecular flexibility index (Phi) is 11.1. The zero-order valence-electron chi connectivity index (χ0n) is 16.0. The van der Waals surface area contributed by atoms with E-state index in [1.54, 1.807) is 12.1 Å². The van der Waals surface area contributed by atoms with E-state index >= 15 is 0 Å². The van der Waals surface area contributed by atoms with E-state index in [-0.39, 0.29) is 51.4 Å². The Morgan fingerprint density at radius 3 is 2.22 bits per heavy atom. The first-order valence-electron chi connectivity index (χ1n) is 8.96. The van der Waals surface area contributed by atoms with Crippen LogP contribution in [-0.2, 0) is 16.5 Å². The van der Waals surface area contributed by atoms with Gasteiger partial charge >= 0.3 is 51.4 Å². The fourth-order valence-corrected chi connectivity index (χ4v) is 3.42. The van der Waals surface area contributed by atoms with E-state index in [0.29, 0.717) is 23.5 Å². The molecular formula is C20H25KO5S. The molecule has 0 atom stereocenters. The summed E-state index contributed by atoms with van der Waals surface area (Å²) in [5.74, 6) is 0.215. The first kappa shape index (κ1) is 24.6. The van der Waals surface area contributed by atoms with Crippen molar-refractivity contribution >= 4 is 10.1 Å². The summed E-state index contributed by atoms with van der Waals surface area (Å²) in [4.78, 5) is -0.598. The number of benzene rings is 2. The minimum atomic E-state index is -4.56. The van der Waals surface area contributed by atoms with E-state index in [2.05, 4.69) is 6.92 Å². The van der Waals surface area contributed by atoms with Crippen LogP contribution in [0.5, 0.6) is 17.2 Å². The van der Waals surface area contributed by atoms with Gasteiger partial charge in [0.05, 0.1) is 4.90 Å². The molecule has 0 amide bonds. The maximum Gasteiger partial charge on any atom is 1.00 e. The molecule has 0 saturated heterocycles. The van der Waals surface area contributed by atoms with E-state index in [1.165, 1.54) is 12.5 Å². The monoisotopic (exact) mass is 416 g/mol. The molecule has 0 heterocycles. The third-order valence-electron chi connectivity index (χ3n) is 4.21. The van der Waals surface area contributed by atoms with E-state index < -0.39 is 20.8 Å². The molecule has 0 fully saturated rings. The van der Waals surface area contributed by atoms with E-state index in [9.17, 15) is 18.1 Å². The molecule has 0 spiro atoms. The molecule has 1 N–H and O–H groups in total. The zero-order valence-corrected chi connectivity index (χ0v) is 19.9. The molecule has 5 nitrogen and oxygen atoms in total. The molecule has 2 aromatic carbocycles. The maximum atomic E-state index is 12.6. The van der Waals surface area contributed by atoms with Gasteiger partial charge in [0.2, 0.25) is 0 Å². The second-order valence-corrected chi connectivity index (χ2v) is 7.67. The third kappa shape index (κ3) is 7.85. The van der Waals surface area contributed by atoms with Crippen LogP contribution in [0.2, 0.25) is 0 Å². The SMILES string of the molecule is CCCCCCCCc1c(Oc2ccccc2)ccc(S(=O)(=O)O)c1[O-].[K+]. The van der Waals surface area contributed by atoms with Gasteiger partial charge < -0.3 is 9.84 Å². The predicted molar refractivity (Wildman–Crippen MR) is 99.3 cm³/mol. The van der Waals surface area contributed by atoms with Crippen molar-refractivity contribution < 1.29 is 74.2 Å². The van der Waals surface area contributed by atoms with Crippen molar-refractivity contribution in [3.63, 3.8) is 0 Å². The molecule has 0 saturated carbocycles. The van der Waals surface area contributed by atoms with Gasteiger partial charge in [-0.05, 0) is 42.7 Å². The maximum absolute atomic E-state index is 12.6. The Balaban J connectivity index is 0.00000364. The van der Waals surface area contributed by atoms with Crippen molar-refractivity contribution in [2.75, 3.05) is 0 Å². The van der Waals surface area contributed by atoms with Gasteiger partial charge in [0.25, 0.3) is 10.1 Å². The Morgan fingerprint density at radius 1 is 0.963 bits per heavy atom. The van der Waals surface area contributed by atoms with Gasteiger partial charge in [-0.25, -0.2) is 0 Å². The van der Waals surface area contributed by atoms with Crippen LogP contribution < -0.4 is 61.2 Å². The van der Waals surface area contributed by atoms with Gasteiger partial charge in [-0.2, -0.15) is 8.42 Å². The van der Waals surface area contributed by atoms with Gasteiger partial charge in [-0.15, -0.1) is 0 Å². The van der Waals surface area contributed by atoms with Crippen LogP contribution in [0.1, 0.15) is 51.0 Å².